The number of halogens is 3. The highest BCUT2D eigenvalue weighted by atomic mass is 19.2. The second-order valence-electron chi connectivity index (χ2n) is 3.89. The van der Waals surface area contributed by atoms with Crippen LogP contribution in [0.15, 0.2) is 12.1 Å². The number of nitrogens with one attached hydrogen (secondary N) is 1. The first kappa shape index (κ1) is 13.5. The van der Waals surface area contributed by atoms with Gasteiger partial charge in [0.1, 0.15) is 0 Å². The fourth-order valence-corrected chi connectivity index (χ4v) is 1.12. The molecular formula is C11H13F3N2O. The van der Waals surface area contributed by atoms with Crippen LogP contribution in [0, 0.1) is 23.4 Å². The summed E-state index contributed by atoms with van der Waals surface area (Å²) in [7, 11) is 0. The topological polar surface area (TPSA) is 55.1 Å². The standard InChI is InChI=1S/C11H13F3N2O/c1-5(6(2)15)11(17)16-7-3-8(12)10(14)9(13)4-7/h3-6H,15H2,1-2H3,(H,16,17). The lowest BCUT2D eigenvalue weighted by Crippen LogP contribution is -2.34. The van der Waals surface area contributed by atoms with Crippen molar-refractivity contribution in [2.24, 2.45) is 11.7 Å². The molecule has 0 bridgehead atoms. The SMILES string of the molecule is CC(N)C(C)C(=O)Nc1cc(F)c(F)c(F)c1. The van der Waals surface area contributed by atoms with Gasteiger partial charge in [0.2, 0.25) is 5.91 Å². The minimum Gasteiger partial charge on any atom is -0.327 e. The van der Waals surface area contributed by atoms with Crippen LogP contribution in [0.25, 0.3) is 0 Å². The zero-order valence-electron chi connectivity index (χ0n) is 9.43. The summed E-state index contributed by atoms with van der Waals surface area (Å²) in [5.41, 5.74) is 5.37. The first-order valence-corrected chi connectivity index (χ1v) is 5.04. The average molecular weight is 246 g/mol. The molecule has 1 amide bonds. The summed E-state index contributed by atoms with van der Waals surface area (Å²) in [6.45, 7) is 3.21. The molecule has 2 atom stereocenters. The van der Waals surface area contributed by atoms with E-state index in [2.05, 4.69) is 5.32 Å². The van der Waals surface area contributed by atoms with Gasteiger partial charge in [-0.2, -0.15) is 0 Å². The average Bonchev–Trinajstić information content (AvgIpc) is 2.24. The Morgan fingerprint density at radius 3 is 2.12 bits per heavy atom. The van der Waals surface area contributed by atoms with Crippen molar-refractivity contribution in [2.45, 2.75) is 19.9 Å². The molecule has 0 aliphatic carbocycles. The molecule has 17 heavy (non-hydrogen) atoms. The third-order valence-corrected chi connectivity index (χ3v) is 2.45. The van der Waals surface area contributed by atoms with Crippen LogP contribution in [0.4, 0.5) is 18.9 Å². The van der Waals surface area contributed by atoms with E-state index in [0.29, 0.717) is 12.1 Å². The maximum atomic E-state index is 12.9. The van der Waals surface area contributed by atoms with E-state index in [4.69, 9.17) is 5.73 Å². The summed E-state index contributed by atoms with van der Waals surface area (Å²) < 4.78 is 38.4. The highest BCUT2D eigenvalue weighted by Crippen LogP contribution is 2.18. The minimum atomic E-state index is -1.57. The summed E-state index contributed by atoms with van der Waals surface area (Å²) in [6, 6.07) is 1.03. The predicted octanol–water partition coefficient (Wildman–Crippen LogP) is 2.03. The molecule has 0 aromatic heterocycles. The van der Waals surface area contributed by atoms with Crippen LogP contribution in [0.5, 0.6) is 0 Å². The molecule has 0 aliphatic heterocycles. The van der Waals surface area contributed by atoms with Gasteiger partial charge in [0.25, 0.3) is 0 Å². The number of carbonyl (C=O) groups excluding carboxylic acids is 1. The Labute approximate surface area is 96.8 Å². The van der Waals surface area contributed by atoms with Gasteiger partial charge in [0, 0.05) is 23.9 Å². The third-order valence-electron chi connectivity index (χ3n) is 2.45. The van der Waals surface area contributed by atoms with Crippen LogP contribution < -0.4 is 11.1 Å². The van der Waals surface area contributed by atoms with Gasteiger partial charge >= 0.3 is 0 Å². The first-order chi connectivity index (χ1) is 7.82. The molecule has 2 unspecified atom stereocenters. The van der Waals surface area contributed by atoms with Crippen molar-refractivity contribution in [1.82, 2.24) is 0 Å². The third kappa shape index (κ3) is 3.20. The summed E-state index contributed by atoms with van der Waals surface area (Å²) in [5.74, 6) is -5.28. The van der Waals surface area contributed by atoms with Gasteiger partial charge in [0.05, 0.1) is 5.92 Å². The van der Waals surface area contributed by atoms with E-state index in [9.17, 15) is 18.0 Å². The van der Waals surface area contributed by atoms with Crippen molar-refractivity contribution < 1.29 is 18.0 Å². The molecule has 1 rings (SSSR count). The molecule has 3 nitrogen and oxygen atoms in total. The van der Waals surface area contributed by atoms with Gasteiger partial charge < -0.3 is 11.1 Å². The van der Waals surface area contributed by atoms with E-state index in [-0.39, 0.29) is 5.69 Å². The molecule has 0 radical (unpaired) electrons. The first-order valence-electron chi connectivity index (χ1n) is 5.04. The van der Waals surface area contributed by atoms with Crippen LogP contribution >= 0.6 is 0 Å². The Bertz CT molecular complexity index is 412. The Morgan fingerprint density at radius 1 is 1.24 bits per heavy atom. The largest absolute Gasteiger partial charge is 0.327 e. The maximum Gasteiger partial charge on any atom is 0.228 e. The molecule has 3 N–H and O–H groups in total. The van der Waals surface area contributed by atoms with Gasteiger partial charge in [-0.3, -0.25) is 4.79 Å². The van der Waals surface area contributed by atoms with Crippen LogP contribution in [-0.2, 0) is 4.79 Å². The monoisotopic (exact) mass is 246 g/mol. The number of anilines is 1. The van der Waals surface area contributed by atoms with Gasteiger partial charge in [0.15, 0.2) is 17.5 Å². The second kappa shape index (κ2) is 5.18. The fourth-order valence-electron chi connectivity index (χ4n) is 1.12. The van der Waals surface area contributed by atoms with E-state index >= 15 is 0 Å². The number of nitrogens with two attached hydrogens (primary N) is 1. The van der Waals surface area contributed by atoms with Crippen LogP contribution in [0.2, 0.25) is 0 Å². The Kier molecular flexibility index (Phi) is 4.11. The van der Waals surface area contributed by atoms with E-state index in [1.165, 1.54) is 0 Å². The number of hydrogen-bond donors (Lipinski definition) is 2. The summed E-state index contributed by atoms with van der Waals surface area (Å²) in [5, 5.41) is 2.27. The van der Waals surface area contributed by atoms with E-state index < -0.39 is 35.3 Å². The lowest BCUT2D eigenvalue weighted by molar-refractivity contribution is -0.119. The lowest BCUT2D eigenvalue weighted by Gasteiger charge is -2.15. The van der Waals surface area contributed by atoms with Gasteiger partial charge in [-0.15, -0.1) is 0 Å². The number of benzene rings is 1. The smallest absolute Gasteiger partial charge is 0.228 e. The van der Waals surface area contributed by atoms with Gasteiger partial charge in [-0.1, -0.05) is 6.92 Å². The van der Waals surface area contributed by atoms with Crippen molar-refractivity contribution in [3.05, 3.63) is 29.6 Å². The summed E-state index contributed by atoms with van der Waals surface area (Å²) >= 11 is 0. The Morgan fingerprint density at radius 2 is 1.71 bits per heavy atom. The number of carbonyl (C=O) groups is 1. The molecule has 0 heterocycles. The molecule has 1 aromatic rings. The van der Waals surface area contributed by atoms with Crippen molar-refractivity contribution >= 4 is 11.6 Å². The zero-order chi connectivity index (χ0) is 13.2. The lowest BCUT2D eigenvalue weighted by atomic mass is 10.0. The summed E-state index contributed by atoms with van der Waals surface area (Å²) in [4.78, 5) is 11.5. The normalized spacial score (nSPS) is 14.2. The van der Waals surface area contributed by atoms with Crippen LogP contribution in [0.3, 0.4) is 0 Å². The molecule has 0 saturated heterocycles. The van der Waals surface area contributed by atoms with Crippen LogP contribution in [0.1, 0.15) is 13.8 Å². The number of rotatable bonds is 3. The number of amides is 1. The maximum absolute atomic E-state index is 12.9. The van der Waals surface area contributed by atoms with Crippen molar-refractivity contribution in [1.29, 1.82) is 0 Å². The Hall–Kier alpha value is -1.56. The predicted molar refractivity (Wildman–Crippen MR) is 57.8 cm³/mol. The zero-order valence-corrected chi connectivity index (χ0v) is 9.43. The molecule has 94 valence electrons. The highest BCUT2D eigenvalue weighted by molar-refractivity contribution is 5.92. The molecular weight excluding hydrogens is 233 g/mol. The van der Waals surface area contributed by atoms with E-state index in [0.717, 1.165) is 0 Å². The summed E-state index contributed by atoms with van der Waals surface area (Å²) in [6.07, 6.45) is 0. The van der Waals surface area contributed by atoms with Crippen molar-refractivity contribution in [3.63, 3.8) is 0 Å². The highest BCUT2D eigenvalue weighted by Gasteiger charge is 2.18. The van der Waals surface area contributed by atoms with Crippen LogP contribution in [-0.4, -0.2) is 11.9 Å². The molecule has 0 spiro atoms. The molecule has 1 aromatic carbocycles. The molecule has 0 saturated carbocycles. The second-order valence-corrected chi connectivity index (χ2v) is 3.89. The minimum absolute atomic E-state index is 0.140. The van der Waals surface area contributed by atoms with Crippen molar-refractivity contribution in [3.8, 4) is 0 Å². The van der Waals surface area contributed by atoms with Gasteiger partial charge in [-0.25, -0.2) is 13.2 Å². The fraction of sp³-hybridized carbons (Fsp3) is 0.364. The molecule has 6 heteroatoms. The van der Waals surface area contributed by atoms with Crippen molar-refractivity contribution in [2.75, 3.05) is 5.32 Å². The quantitative estimate of drug-likeness (QED) is 0.802. The van der Waals surface area contributed by atoms with E-state index in [1.54, 1.807) is 13.8 Å². The Balaban J connectivity index is 2.86. The molecule has 0 aliphatic rings. The molecule has 0 fully saturated rings. The van der Waals surface area contributed by atoms with E-state index in [1.807, 2.05) is 0 Å². The van der Waals surface area contributed by atoms with Gasteiger partial charge in [-0.05, 0) is 6.92 Å². The number of hydrogen-bond acceptors (Lipinski definition) is 2.